The average molecular weight is 306 g/mol. The Bertz CT molecular complexity index is 491. The highest BCUT2D eigenvalue weighted by atomic mass is 16.2. The number of nitrogens with one attached hydrogen (secondary N) is 3. The fraction of sp³-hybridized carbons (Fsp3) is 0.500. The number of primary amides is 1. The van der Waals surface area contributed by atoms with Crippen LogP contribution in [0.25, 0.3) is 0 Å². The Labute approximate surface area is 131 Å². The molecule has 0 saturated carbocycles. The number of hydrogen-bond donors (Lipinski definition) is 4. The molecule has 1 aromatic carbocycles. The molecule has 6 heteroatoms. The Kier molecular flexibility index (Phi) is 7.99. The van der Waals surface area contributed by atoms with E-state index in [-0.39, 0.29) is 5.91 Å². The van der Waals surface area contributed by atoms with Gasteiger partial charge < -0.3 is 21.7 Å². The zero-order valence-corrected chi connectivity index (χ0v) is 13.3. The smallest absolute Gasteiger partial charge is 0.312 e. The van der Waals surface area contributed by atoms with Crippen LogP contribution in [0, 0.1) is 0 Å². The summed E-state index contributed by atoms with van der Waals surface area (Å²) in [6.07, 6.45) is 2.36. The summed E-state index contributed by atoms with van der Waals surface area (Å²) in [5, 5.41) is 8.63. The number of unbranched alkanes of at least 4 members (excludes halogenated alkanes) is 1. The van der Waals surface area contributed by atoms with Crippen LogP contribution >= 0.6 is 0 Å². The van der Waals surface area contributed by atoms with Gasteiger partial charge in [-0.3, -0.25) is 4.79 Å². The first kappa shape index (κ1) is 18.0. The number of urea groups is 1. The maximum atomic E-state index is 12.4. The minimum absolute atomic E-state index is 0.240. The predicted molar refractivity (Wildman–Crippen MR) is 88.5 cm³/mol. The molecule has 3 amide bonds. The summed E-state index contributed by atoms with van der Waals surface area (Å²) in [5.74, 6) is -0.240. The first-order chi connectivity index (χ1) is 10.6. The van der Waals surface area contributed by atoms with E-state index in [9.17, 15) is 9.59 Å². The lowest BCUT2D eigenvalue weighted by atomic mass is 10.1. The minimum Gasteiger partial charge on any atom is -0.352 e. The van der Waals surface area contributed by atoms with Gasteiger partial charge in [0, 0.05) is 12.2 Å². The number of rotatable bonds is 9. The highest BCUT2D eigenvalue weighted by Crippen LogP contribution is 2.15. The molecule has 0 heterocycles. The topological polar surface area (TPSA) is 96.2 Å². The van der Waals surface area contributed by atoms with Crippen LogP contribution in [-0.2, 0) is 11.3 Å². The van der Waals surface area contributed by atoms with E-state index in [1.165, 1.54) is 0 Å². The molecule has 0 spiro atoms. The predicted octanol–water partition coefficient (Wildman–Crippen LogP) is 1.96. The number of anilines is 1. The molecule has 1 unspecified atom stereocenters. The minimum atomic E-state index is -0.683. The molecule has 5 N–H and O–H groups in total. The van der Waals surface area contributed by atoms with Crippen LogP contribution in [0.5, 0.6) is 0 Å². The molecule has 0 radical (unpaired) electrons. The van der Waals surface area contributed by atoms with E-state index >= 15 is 0 Å². The molecular formula is C16H26N4O2. The van der Waals surface area contributed by atoms with Gasteiger partial charge in [0.15, 0.2) is 0 Å². The van der Waals surface area contributed by atoms with Crippen molar-refractivity contribution >= 4 is 17.6 Å². The van der Waals surface area contributed by atoms with E-state index in [4.69, 9.17) is 5.73 Å². The Balaban J connectivity index is 2.77. The van der Waals surface area contributed by atoms with Crippen molar-refractivity contribution in [2.24, 2.45) is 5.73 Å². The molecule has 6 nitrogen and oxygen atoms in total. The monoisotopic (exact) mass is 306 g/mol. The van der Waals surface area contributed by atoms with Crippen LogP contribution in [0.1, 0.15) is 38.7 Å². The molecule has 122 valence electrons. The zero-order chi connectivity index (χ0) is 16.4. The summed E-state index contributed by atoms with van der Waals surface area (Å²) in [6, 6.07) is 6.32. The molecule has 1 aromatic rings. The van der Waals surface area contributed by atoms with Crippen LogP contribution < -0.4 is 21.7 Å². The summed E-state index contributed by atoms with van der Waals surface area (Å²) in [7, 11) is 0. The Morgan fingerprint density at radius 1 is 1.23 bits per heavy atom. The van der Waals surface area contributed by atoms with Crippen molar-refractivity contribution in [1.82, 2.24) is 10.6 Å². The van der Waals surface area contributed by atoms with Crippen LogP contribution in [-0.4, -0.2) is 24.5 Å². The fourth-order valence-corrected chi connectivity index (χ4v) is 2.12. The van der Waals surface area contributed by atoms with Gasteiger partial charge in [-0.2, -0.15) is 0 Å². The van der Waals surface area contributed by atoms with Crippen molar-refractivity contribution in [2.45, 2.75) is 45.7 Å². The highest BCUT2D eigenvalue weighted by Gasteiger charge is 2.19. The third-order valence-corrected chi connectivity index (χ3v) is 3.32. The second-order valence-corrected chi connectivity index (χ2v) is 5.13. The number of carbonyl (C=O) groups excluding carboxylic acids is 2. The van der Waals surface area contributed by atoms with Crippen molar-refractivity contribution in [1.29, 1.82) is 0 Å². The molecule has 1 rings (SSSR count). The highest BCUT2D eigenvalue weighted by molar-refractivity contribution is 5.97. The summed E-state index contributed by atoms with van der Waals surface area (Å²) < 4.78 is 0. The van der Waals surface area contributed by atoms with Crippen LogP contribution in [0.2, 0.25) is 0 Å². The summed E-state index contributed by atoms with van der Waals surface area (Å²) in [5.41, 5.74) is 6.91. The first-order valence-electron chi connectivity index (χ1n) is 7.73. The first-order valence-corrected chi connectivity index (χ1v) is 7.73. The number of nitrogens with two attached hydrogens (primary N) is 1. The number of amides is 3. The van der Waals surface area contributed by atoms with Crippen molar-refractivity contribution < 1.29 is 9.59 Å². The third kappa shape index (κ3) is 6.13. The molecule has 0 aliphatic carbocycles. The SMILES string of the molecule is CCCCC(NC(N)=O)C(=O)Nc1ccccc1CNCC. The van der Waals surface area contributed by atoms with Gasteiger partial charge in [0.2, 0.25) is 5.91 Å². The summed E-state index contributed by atoms with van der Waals surface area (Å²) in [6.45, 7) is 5.59. The van der Waals surface area contributed by atoms with E-state index in [1.807, 2.05) is 38.1 Å². The second-order valence-electron chi connectivity index (χ2n) is 5.13. The fourth-order valence-electron chi connectivity index (χ4n) is 2.12. The number of hydrogen-bond acceptors (Lipinski definition) is 3. The van der Waals surface area contributed by atoms with Gasteiger partial charge >= 0.3 is 6.03 Å². The average Bonchev–Trinajstić information content (AvgIpc) is 2.50. The quantitative estimate of drug-likeness (QED) is 0.561. The van der Waals surface area contributed by atoms with E-state index < -0.39 is 12.1 Å². The zero-order valence-electron chi connectivity index (χ0n) is 13.3. The lowest BCUT2D eigenvalue weighted by Gasteiger charge is -2.18. The van der Waals surface area contributed by atoms with E-state index in [0.717, 1.165) is 30.6 Å². The van der Waals surface area contributed by atoms with Gasteiger partial charge in [0.05, 0.1) is 0 Å². The van der Waals surface area contributed by atoms with Crippen LogP contribution in [0.3, 0.4) is 0 Å². The maximum absolute atomic E-state index is 12.4. The second kappa shape index (κ2) is 9.78. The van der Waals surface area contributed by atoms with Gasteiger partial charge in [0.25, 0.3) is 0 Å². The largest absolute Gasteiger partial charge is 0.352 e. The molecule has 0 fully saturated rings. The van der Waals surface area contributed by atoms with Gasteiger partial charge in [-0.1, -0.05) is 44.9 Å². The Morgan fingerprint density at radius 2 is 1.95 bits per heavy atom. The van der Waals surface area contributed by atoms with Crippen molar-refractivity contribution in [3.05, 3.63) is 29.8 Å². The normalized spacial score (nSPS) is 11.7. The molecule has 0 aliphatic rings. The molecule has 0 aliphatic heterocycles. The lowest BCUT2D eigenvalue weighted by molar-refractivity contribution is -0.118. The van der Waals surface area contributed by atoms with Gasteiger partial charge in [-0.05, 0) is 24.6 Å². The standard InChI is InChI=1S/C16H26N4O2/c1-3-5-9-14(20-16(17)22)15(21)19-13-10-7-6-8-12(13)11-18-4-2/h6-8,10,14,18H,3-5,9,11H2,1-2H3,(H,19,21)(H3,17,20,22). The number of benzene rings is 1. The van der Waals surface area contributed by atoms with E-state index in [2.05, 4.69) is 16.0 Å². The number of carbonyl (C=O) groups is 2. The Hall–Kier alpha value is -2.08. The maximum Gasteiger partial charge on any atom is 0.312 e. The Morgan fingerprint density at radius 3 is 2.59 bits per heavy atom. The van der Waals surface area contributed by atoms with Crippen molar-refractivity contribution in [3.8, 4) is 0 Å². The van der Waals surface area contributed by atoms with Gasteiger partial charge in [-0.15, -0.1) is 0 Å². The van der Waals surface area contributed by atoms with E-state index in [0.29, 0.717) is 13.0 Å². The van der Waals surface area contributed by atoms with Gasteiger partial charge in [0.1, 0.15) is 6.04 Å². The van der Waals surface area contributed by atoms with E-state index in [1.54, 1.807) is 0 Å². The third-order valence-electron chi connectivity index (χ3n) is 3.32. The number of para-hydroxylation sites is 1. The summed E-state index contributed by atoms with van der Waals surface area (Å²) >= 11 is 0. The van der Waals surface area contributed by atoms with Gasteiger partial charge in [-0.25, -0.2) is 4.79 Å². The molecule has 0 bridgehead atoms. The molecule has 0 saturated heterocycles. The van der Waals surface area contributed by atoms with Crippen LogP contribution in [0.15, 0.2) is 24.3 Å². The van der Waals surface area contributed by atoms with Crippen molar-refractivity contribution in [2.75, 3.05) is 11.9 Å². The molecule has 1 atom stereocenters. The van der Waals surface area contributed by atoms with Crippen LogP contribution in [0.4, 0.5) is 10.5 Å². The molecule has 0 aromatic heterocycles. The van der Waals surface area contributed by atoms with Crippen molar-refractivity contribution in [3.63, 3.8) is 0 Å². The summed E-state index contributed by atoms with van der Waals surface area (Å²) in [4.78, 5) is 23.4. The lowest BCUT2D eigenvalue weighted by Crippen LogP contribution is -2.46. The molecule has 22 heavy (non-hydrogen) atoms. The molecular weight excluding hydrogens is 280 g/mol.